The molecule has 0 radical (unpaired) electrons. The number of carbonyl (C=O) groups is 2. The van der Waals surface area contributed by atoms with Crippen molar-refractivity contribution in [1.82, 2.24) is 9.80 Å². The van der Waals surface area contributed by atoms with Gasteiger partial charge < -0.3 is 19.3 Å². The van der Waals surface area contributed by atoms with Gasteiger partial charge >= 0.3 is 0 Å². The molecule has 2 bridgehead atoms. The Labute approximate surface area is 190 Å². The zero-order valence-corrected chi connectivity index (χ0v) is 18.8. The molecular formula is C26H34N2O4. The third-order valence-electron chi connectivity index (χ3n) is 8.55. The van der Waals surface area contributed by atoms with E-state index in [9.17, 15) is 9.59 Å². The second-order valence-electron chi connectivity index (χ2n) is 10.4. The number of ether oxygens (including phenoxy) is 2. The number of fused-ring (bicyclic) bond motifs is 3. The van der Waals surface area contributed by atoms with Gasteiger partial charge in [-0.3, -0.25) is 9.59 Å². The number of hydrogen-bond acceptors (Lipinski definition) is 4. The number of piperazine rings is 1. The van der Waals surface area contributed by atoms with Crippen molar-refractivity contribution < 1.29 is 19.1 Å². The van der Waals surface area contributed by atoms with E-state index in [2.05, 4.69) is 4.90 Å². The van der Waals surface area contributed by atoms with Crippen molar-refractivity contribution >= 4 is 11.8 Å². The van der Waals surface area contributed by atoms with Crippen molar-refractivity contribution in [2.45, 2.75) is 69.6 Å². The Balaban J connectivity index is 1.05. The van der Waals surface area contributed by atoms with E-state index in [-0.39, 0.29) is 30.0 Å². The molecule has 2 saturated carbocycles. The molecule has 2 aliphatic carbocycles. The van der Waals surface area contributed by atoms with Gasteiger partial charge in [-0.15, -0.1) is 0 Å². The van der Waals surface area contributed by atoms with Gasteiger partial charge in [0.15, 0.2) is 0 Å². The van der Waals surface area contributed by atoms with Crippen LogP contribution >= 0.6 is 0 Å². The molecule has 1 aromatic rings. The first-order valence-electron chi connectivity index (χ1n) is 12.6. The highest BCUT2D eigenvalue weighted by Crippen LogP contribution is 2.55. The van der Waals surface area contributed by atoms with E-state index in [4.69, 9.17) is 9.47 Å². The number of rotatable bonds is 4. The zero-order valence-electron chi connectivity index (χ0n) is 18.8. The van der Waals surface area contributed by atoms with Crippen molar-refractivity contribution in [3.05, 3.63) is 29.8 Å². The third kappa shape index (κ3) is 3.70. The average molecular weight is 439 g/mol. The Morgan fingerprint density at radius 2 is 1.50 bits per heavy atom. The van der Waals surface area contributed by atoms with E-state index in [0.717, 1.165) is 44.8 Å². The summed E-state index contributed by atoms with van der Waals surface area (Å²) in [5.74, 6) is 2.85. The van der Waals surface area contributed by atoms with Gasteiger partial charge in [0.05, 0.1) is 25.3 Å². The largest absolute Gasteiger partial charge is 0.490 e. The molecule has 0 spiro atoms. The molecular weight excluding hydrogens is 404 g/mol. The molecule has 3 saturated heterocycles. The van der Waals surface area contributed by atoms with Crippen molar-refractivity contribution in [1.29, 1.82) is 0 Å². The zero-order chi connectivity index (χ0) is 21.7. The van der Waals surface area contributed by atoms with Crippen LogP contribution in [0.2, 0.25) is 0 Å². The average Bonchev–Trinajstić information content (AvgIpc) is 3.23. The quantitative estimate of drug-likeness (QED) is 0.722. The minimum Gasteiger partial charge on any atom is -0.490 e. The van der Waals surface area contributed by atoms with Gasteiger partial charge in [-0.2, -0.15) is 0 Å². The van der Waals surface area contributed by atoms with Crippen molar-refractivity contribution in [2.75, 3.05) is 26.3 Å². The molecule has 0 N–H and O–H groups in total. The molecule has 2 amide bonds. The fraction of sp³-hybridized carbons (Fsp3) is 0.692. The second kappa shape index (κ2) is 8.36. The van der Waals surface area contributed by atoms with Gasteiger partial charge in [-0.25, -0.2) is 0 Å². The Bertz CT molecular complexity index is 853. The van der Waals surface area contributed by atoms with Crippen LogP contribution < -0.4 is 4.74 Å². The summed E-state index contributed by atoms with van der Waals surface area (Å²) in [7, 11) is 0. The number of hydrogen-bond donors (Lipinski definition) is 0. The summed E-state index contributed by atoms with van der Waals surface area (Å²) in [5.41, 5.74) is 0.708. The van der Waals surface area contributed by atoms with E-state index in [0.29, 0.717) is 29.9 Å². The topological polar surface area (TPSA) is 59.1 Å². The summed E-state index contributed by atoms with van der Waals surface area (Å²) in [5, 5.41) is 0. The van der Waals surface area contributed by atoms with Crippen LogP contribution in [0.4, 0.5) is 0 Å². The number of likely N-dealkylation sites (tertiary alicyclic amines) is 2. The first-order chi connectivity index (χ1) is 15.7. The first kappa shape index (κ1) is 20.5. The van der Waals surface area contributed by atoms with E-state index >= 15 is 0 Å². The Morgan fingerprint density at radius 3 is 2.16 bits per heavy atom. The highest BCUT2D eigenvalue weighted by atomic mass is 16.5. The molecule has 1 unspecified atom stereocenters. The number of nitrogens with zero attached hydrogens (tertiary/aromatic N) is 2. The molecule has 5 fully saturated rings. The molecule has 3 aliphatic heterocycles. The maximum absolute atomic E-state index is 13.2. The Morgan fingerprint density at radius 1 is 0.844 bits per heavy atom. The molecule has 1 aromatic carbocycles. The van der Waals surface area contributed by atoms with Crippen LogP contribution in [0.5, 0.6) is 5.75 Å². The lowest BCUT2D eigenvalue weighted by Crippen LogP contribution is -2.51. The molecule has 0 aromatic heterocycles. The molecule has 3 heterocycles. The van der Waals surface area contributed by atoms with Gasteiger partial charge in [-0.1, -0.05) is 19.3 Å². The van der Waals surface area contributed by atoms with Crippen LogP contribution in [0, 0.1) is 17.8 Å². The first-order valence-corrected chi connectivity index (χ1v) is 12.6. The summed E-state index contributed by atoms with van der Waals surface area (Å²) in [6.07, 6.45) is 9.35. The molecule has 5 aliphatic rings. The van der Waals surface area contributed by atoms with Crippen molar-refractivity contribution in [2.24, 2.45) is 17.8 Å². The third-order valence-corrected chi connectivity index (χ3v) is 8.55. The fourth-order valence-corrected chi connectivity index (χ4v) is 6.74. The fourth-order valence-electron chi connectivity index (χ4n) is 6.74. The van der Waals surface area contributed by atoms with E-state index in [1.165, 1.54) is 32.1 Å². The number of carbonyl (C=O) groups excluding carboxylic acids is 2. The smallest absolute Gasteiger partial charge is 0.254 e. The Hall–Kier alpha value is -2.08. The van der Waals surface area contributed by atoms with Gasteiger partial charge in [-0.05, 0) is 55.4 Å². The van der Waals surface area contributed by atoms with Crippen LogP contribution in [-0.4, -0.2) is 66.1 Å². The number of benzene rings is 1. The van der Waals surface area contributed by atoms with Crippen molar-refractivity contribution in [3.8, 4) is 5.75 Å². The lowest BCUT2D eigenvalue weighted by Gasteiger charge is -2.34. The lowest BCUT2D eigenvalue weighted by molar-refractivity contribution is -0.135. The summed E-state index contributed by atoms with van der Waals surface area (Å²) in [6, 6.07) is 7.94. The molecule has 5 atom stereocenters. The lowest BCUT2D eigenvalue weighted by atomic mass is 10.1. The predicted molar refractivity (Wildman–Crippen MR) is 119 cm³/mol. The highest BCUT2D eigenvalue weighted by molar-refractivity contribution is 5.95. The van der Waals surface area contributed by atoms with Crippen LogP contribution in [0.25, 0.3) is 0 Å². The standard InChI is InChI=1S/C26H34N2O4/c29-25(17-6-8-20(9-7-17)32-21-10-12-31-13-11-21)27-15-19-14-18(27)16-28(19)26(30)24-22-4-2-1-3-5-23(22)24/h6-9,18-19,21-24H,1-5,10-16H2/t18-,19-,22-,23+,24?/m0/s1. The minimum absolute atomic E-state index is 0.0822. The summed E-state index contributed by atoms with van der Waals surface area (Å²) >= 11 is 0. The highest BCUT2D eigenvalue weighted by Gasteiger charge is 2.58. The molecule has 32 heavy (non-hydrogen) atoms. The van der Waals surface area contributed by atoms with Gasteiger partial charge in [0.1, 0.15) is 11.9 Å². The van der Waals surface area contributed by atoms with Crippen LogP contribution in [0.15, 0.2) is 24.3 Å². The SMILES string of the molecule is O=C(c1ccc(OC2CCOCC2)cc1)N1C[C@@H]2C[C@H]1CN2C(=O)C1[C@H]2CCCCC[C@@H]12. The second-order valence-corrected chi connectivity index (χ2v) is 10.4. The monoisotopic (exact) mass is 438 g/mol. The molecule has 6 nitrogen and oxygen atoms in total. The summed E-state index contributed by atoms with van der Waals surface area (Å²) < 4.78 is 11.4. The van der Waals surface area contributed by atoms with Crippen LogP contribution in [0.3, 0.4) is 0 Å². The molecule has 6 rings (SSSR count). The van der Waals surface area contributed by atoms with E-state index in [1.54, 1.807) is 0 Å². The molecule has 172 valence electrons. The van der Waals surface area contributed by atoms with Gasteiger partial charge in [0.2, 0.25) is 5.91 Å². The van der Waals surface area contributed by atoms with Crippen LogP contribution in [-0.2, 0) is 9.53 Å². The summed E-state index contributed by atoms with van der Waals surface area (Å²) in [6.45, 7) is 2.90. The molecule has 6 heteroatoms. The minimum atomic E-state index is 0.0822. The van der Waals surface area contributed by atoms with E-state index in [1.807, 2.05) is 29.2 Å². The maximum atomic E-state index is 13.2. The van der Waals surface area contributed by atoms with Crippen molar-refractivity contribution in [3.63, 3.8) is 0 Å². The van der Waals surface area contributed by atoms with E-state index < -0.39 is 0 Å². The van der Waals surface area contributed by atoms with Crippen LogP contribution in [0.1, 0.15) is 61.7 Å². The Kier molecular flexibility index (Phi) is 5.36. The summed E-state index contributed by atoms with van der Waals surface area (Å²) in [4.78, 5) is 30.5. The predicted octanol–water partition coefficient (Wildman–Crippen LogP) is 3.50. The number of amides is 2. The maximum Gasteiger partial charge on any atom is 0.254 e. The normalized spacial score (nSPS) is 34.2. The van der Waals surface area contributed by atoms with Gasteiger partial charge in [0, 0.05) is 37.4 Å². The van der Waals surface area contributed by atoms with Gasteiger partial charge in [0.25, 0.3) is 5.91 Å².